The number of aromatic nitrogens is 4. The number of nitrogens with one attached hydrogen (secondary N) is 1. The first-order valence-electron chi connectivity index (χ1n) is 6.21. The van der Waals surface area contributed by atoms with E-state index in [1.807, 2.05) is 31.2 Å². The number of rotatable bonds is 4. The Morgan fingerprint density at radius 3 is 2.95 bits per heavy atom. The van der Waals surface area contributed by atoms with Gasteiger partial charge >= 0.3 is 0 Å². The van der Waals surface area contributed by atoms with E-state index in [9.17, 15) is 4.79 Å². The summed E-state index contributed by atoms with van der Waals surface area (Å²) in [6.45, 7) is 1.99. The Hall–Kier alpha value is -2.06. The fourth-order valence-corrected chi connectivity index (χ4v) is 3.43. The Morgan fingerprint density at radius 1 is 1.38 bits per heavy atom. The highest BCUT2D eigenvalue weighted by atomic mass is 32.2. The first-order chi connectivity index (χ1) is 10.1. The van der Waals surface area contributed by atoms with Crippen LogP contribution >= 0.6 is 23.1 Å². The zero-order valence-electron chi connectivity index (χ0n) is 11.2. The predicted molar refractivity (Wildman–Crippen MR) is 85.0 cm³/mol. The number of thioether (sulfide) groups is 1. The topological polar surface area (TPSA) is 89.6 Å². The largest absolute Gasteiger partial charge is 0.374 e. The molecule has 108 valence electrons. The van der Waals surface area contributed by atoms with Gasteiger partial charge in [0.05, 0.1) is 5.69 Å². The minimum absolute atomic E-state index is 0.0759. The Kier molecular flexibility index (Phi) is 3.80. The number of nitrogens with zero attached hydrogens (tertiary/aromatic N) is 3. The van der Waals surface area contributed by atoms with Gasteiger partial charge in [-0.25, -0.2) is 4.68 Å². The Labute approximate surface area is 129 Å². The van der Waals surface area contributed by atoms with Crippen molar-refractivity contribution in [2.45, 2.75) is 17.0 Å². The molecule has 0 aliphatic carbocycles. The van der Waals surface area contributed by atoms with Crippen molar-refractivity contribution in [1.29, 1.82) is 0 Å². The molecule has 0 unspecified atom stereocenters. The van der Waals surface area contributed by atoms with Gasteiger partial charge < -0.3 is 5.73 Å². The van der Waals surface area contributed by atoms with Gasteiger partial charge in [0.25, 0.3) is 5.56 Å². The van der Waals surface area contributed by atoms with Gasteiger partial charge in [0.15, 0.2) is 4.34 Å². The monoisotopic (exact) mass is 319 g/mol. The summed E-state index contributed by atoms with van der Waals surface area (Å²) in [5.74, 6) is 0.614. The van der Waals surface area contributed by atoms with Crippen LogP contribution in [-0.4, -0.2) is 20.0 Å². The Bertz CT molecular complexity index is 820. The van der Waals surface area contributed by atoms with E-state index in [0.717, 1.165) is 21.3 Å². The van der Waals surface area contributed by atoms with Crippen molar-refractivity contribution >= 4 is 28.2 Å². The molecule has 0 saturated heterocycles. The molecule has 21 heavy (non-hydrogen) atoms. The molecular formula is C13H13N5OS2. The number of hydrogen-bond acceptors (Lipinski definition) is 6. The molecule has 8 heteroatoms. The van der Waals surface area contributed by atoms with E-state index in [1.165, 1.54) is 27.8 Å². The second-order valence-electron chi connectivity index (χ2n) is 4.49. The van der Waals surface area contributed by atoms with Crippen molar-refractivity contribution in [1.82, 2.24) is 20.0 Å². The highest BCUT2D eigenvalue weighted by Gasteiger charge is 2.08. The quantitative estimate of drug-likeness (QED) is 0.720. The fraction of sp³-hybridized carbons (Fsp3) is 0.154. The van der Waals surface area contributed by atoms with Crippen LogP contribution in [0.5, 0.6) is 0 Å². The maximum absolute atomic E-state index is 12.0. The molecule has 3 aromatic rings. The number of aromatic amines is 1. The summed E-state index contributed by atoms with van der Waals surface area (Å²) in [5.41, 5.74) is 8.23. The third kappa shape index (κ3) is 3.17. The normalized spacial score (nSPS) is 10.9. The lowest BCUT2D eigenvalue weighted by molar-refractivity contribution is 0.832. The molecule has 6 nitrogen and oxygen atoms in total. The van der Waals surface area contributed by atoms with Crippen LogP contribution in [0, 0.1) is 6.92 Å². The molecular weight excluding hydrogens is 306 g/mol. The maximum atomic E-state index is 12.0. The summed E-state index contributed by atoms with van der Waals surface area (Å²) in [6.07, 6.45) is 0. The van der Waals surface area contributed by atoms with E-state index in [1.54, 1.807) is 6.07 Å². The van der Waals surface area contributed by atoms with Gasteiger partial charge in [0.2, 0.25) is 5.13 Å². The van der Waals surface area contributed by atoms with E-state index in [4.69, 9.17) is 5.73 Å². The van der Waals surface area contributed by atoms with Crippen LogP contribution in [0.15, 0.2) is 39.5 Å². The minimum Gasteiger partial charge on any atom is -0.374 e. The third-order valence-electron chi connectivity index (χ3n) is 2.81. The lowest BCUT2D eigenvalue weighted by Gasteiger charge is -2.02. The molecule has 0 saturated carbocycles. The molecule has 2 heterocycles. The lowest BCUT2D eigenvalue weighted by atomic mass is 10.2. The highest BCUT2D eigenvalue weighted by Crippen LogP contribution is 2.26. The zero-order valence-corrected chi connectivity index (χ0v) is 12.9. The van der Waals surface area contributed by atoms with Gasteiger partial charge in [-0.05, 0) is 24.6 Å². The van der Waals surface area contributed by atoms with E-state index in [-0.39, 0.29) is 5.56 Å². The number of aryl methyl sites for hydroxylation is 1. The van der Waals surface area contributed by atoms with E-state index >= 15 is 0 Å². The van der Waals surface area contributed by atoms with Crippen LogP contribution in [0.25, 0.3) is 5.69 Å². The summed E-state index contributed by atoms with van der Waals surface area (Å²) in [4.78, 5) is 12.0. The van der Waals surface area contributed by atoms with Crippen molar-refractivity contribution in [3.8, 4) is 5.69 Å². The third-order valence-corrected chi connectivity index (χ3v) is 4.74. The molecule has 3 rings (SSSR count). The molecule has 0 aliphatic heterocycles. The average Bonchev–Trinajstić information content (AvgIpc) is 3.02. The SMILES string of the molecule is Cc1cccc(-n2[nH]c(CSc3nnc(N)s3)cc2=O)c1. The van der Waals surface area contributed by atoms with Gasteiger partial charge in [-0.1, -0.05) is 35.2 Å². The molecule has 0 fully saturated rings. The zero-order chi connectivity index (χ0) is 14.8. The van der Waals surface area contributed by atoms with Gasteiger partial charge in [-0.3, -0.25) is 9.89 Å². The summed E-state index contributed by atoms with van der Waals surface area (Å²) in [7, 11) is 0. The average molecular weight is 319 g/mol. The van der Waals surface area contributed by atoms with Gasteiger partial charge in [-0.15, -0.1) is 10.2 Å². The second kappa shape index (κ2) is 5.74. The number of benzene rings is 1. The molecule has 3 N–H and O–H groups in total. The highest BCUT2D eigenvalue weighted by molar-refractivity contribution is 8.00. The number of anilines is 1. The molecule has 0 amide bonds. The molecule has 0 radical (unpaired) electrons. The molecule has 0 spiro atoms. The van der Waals surface area contributed by atoms with Crippen LogP contribution in [0.2, 0.25) is 0 Å². The number of nitrogens with two attached hydrogens (primary N) is 1. The molecule has 0 aliphatic rings. The summed E-state index contributed by atoms with van der Waals surface area (Å²) in [5, 5.41) is 11.3. The van der Waals surface area contributed by atoms with Crippen LogP contribution in [0.1, 0.15) is 11.3 Å². The Morgan fingerprint density at radius 2 is 2.24 bits per heavy atom. The molecule has 0 bridgehead atoms. The van der Waals surface area contributed by atoms with E-state index in [2.05, 4.69) is 15.3 Å². The van der Waals surface area contributed by atoms with Crippen LogP contribution in [0.4, 0.5) is 5.13 Å². The lowest BCUT2D eigenvalue weighted by Crippen LogP contribution is -2.13. The van der Waals surface area contributed by atoms with E-state index < -0.39 is 0 Å². The summed E-state index contributed by atoms with van der Waals surface area (Å²) in [6, 6.07) is 9.37. The Balaban J connectivity index is 1.80. The van der Waals surface area contributed by atoms with Crippen LogP contribution < -0.4 is 11.3 Å². The number of H-pyrrole nitrogens is 1. The minimum atomic E-state index is -0.0759. The van der Waals surface area contributed by atoms with Gasteiger partial charge in [-0.2, -0.15) is 0 Å². The van der Waals surface area contributed by atoms with Crippen molar-refractivity contribution in [3.63, 3.8) is 0 Å². The molecule has 1 aromatic carbocycles. The number of hydrogen-bond donors (Lipinski definition) is 2. The number of nitrogen functional groups attached to an aromatic ring is 1. The van der Waals surface area contributed by atoms with Crippen molar-refractivity contribution in [2.24, 2.45) is 0 Å². The van der Waals surface area contributed by atoms with Gasteiger partial charge in [0, 0.05) is 17.5 Å². The first-order valence-corrected chi connectivity index (χ1v) is 8.02. The smallest absolute Gasteiger partial charge is 0.271 e. The van der Waals surface area contributed by atoms with Crippen LogP contribution in [-0.2, 0) is 5.75 Å². The van der Waals surface area contributed by atoms with Crippen LogP contribution in [0.3, 0.4) is 0 Å². The first kappa shape index (κ1) is 13.9. The molecule has 2 aromatic heterocycles. The van der Waals surface area contributed by atoms with E-state index in [0.29, 0.717) is 10.9 Å². The van der Waals surface area contributed by atoms with Gasteiger partial charge in [0.1, 0.15) is 0 Å². The maximum Gasteiger partial charge on any atom is 0.271 e. The summed E-state index contributed by atoms with van der Waals surface area (Å²) < 4.78 is 2.33. The predicted octanol–water partition coefficient (Wildman–Crippen LogP) is 2.20. The summed E-state index contributed by atoms with van der Waals surface area (Å²) >= 11 is 2.83. The van der Waals surface area contributed by atoms with Crippen molar-refractivity contribution in [3.05, 3.63) is 51.9 Å². The second-order valence-corrected chi connectivity index (χ2v) is 6.72. The fourth-order valence-electron chi connectivity index (χ4n) is 1.90. The molecule has 0 atom stereocenters. The van der Waals surface area contributed by atoms with Crippen molar-refractivity contribution in [2.75, 3.05) is 5.73 Å². The van der Waals surface area contributed by atoms with Crippen molar-refractivity contribution < 1.29 is 0 Å². The standard InChI is InChI=1S/C13H13N5OS2/c1-8-3-2-4-10(5-8)18-11(19)6-9(17-18)7-20-13-16-15-12(14)21-13/h2-6,17H,7H2,1H3,(H2,14,15).